The third kappa shape index (κ3) is 3.68. The first-order valence-corrected chi connectivity index (χ1v) is 10.1. The molecule has 1 fully saturated rings. The van der Waals surface area contributed by atoms with Gasteiger partial charge in [0, 0.05) is 17.4 Å². The van der Waals surface area contributed by atoms with Crippen LogP contribution in [0.2, 0.25) is 0 Å². The summed E-state index contributed by atoms with van der Waals surface area (Å²) in [6.07, 6.45) is 1.73. The first-order valence-electron chi connectivity index (χ1n) is 9.72. The SMILES string of the molecule is Fc1ccc(-c2ccc([C@H]3[C@H](c4ccccn4)NC(=S)N3c3ccc(F)cc3)o2)cc1. The molecule has 3 heterocycles. The van der Waals surface area contributed by atoms with Crippen molar-refractivity contribution in [3.8, 4) is 11.3 Å². The van der Waals surface area contributed by atoms with E-state index in [1.807, 2.05) is 35.2 Å². The number of rotatable bonds is 4. The minimum Gasteiger partial charge on any atom is -0.459 e. The lowest BCUT2D eigenvalue weighted by Crippen LogP contribution is -2.29. The number of thiocarbonyl (C=S) groups is 1. The highest BCUT2D eigenvalue weighted by Crippen LogP contribution is 2.42. The van der Waals surface area contributed by atoms with Crippen LogP contribution in [0, 0.1) is 11.6 Å². The van der Waals surface area contributed by atoms with Gasteiger partial charge in [-0.25, -0.2) is 8.78 Å². The van der Waals surface area contributed by atoms with Crippen LogP contribution >= 0.6 is 12.2 Å². The molecule has 2 atom stereocenters. The van der Waals surface area contributed by atoms with Crippen molar-refractivity contribution >= 4 is 23.0 Å². The predicted molar refractivity (Wildman–Crippen MR) is 118 cm³/mol. The molecule has 31 heavy (non-hydrogen) atoms. The molecule has 154 valence electrons. The van der Waals surface area contributed by atoms with E-state index in [1.54, 1.807) is 30.5 Å². The van der Waals surface area contributed by atoms with E-state index in [1.165, 1.54) is 24.3 Å². The third-order valence-corrected chi connectivity index (χ3v) is 5.56. The lowest BCUT2D eigenvalue weighted by atomic mass is 10.0. The summed E-state index contributed by atoms with van der Waals surface area (Å²) >= 11 is 5.63. The lowest BCUT2D eigenvalue weighted by Gasteiger charge is -2.26. The summed E-state index contributed by atoms with van der Waals surface area (Å²) in [6, 6.07) is 21.1. The summed E-state index contributed by atoms with van der Waals surface area (Å²) in [5, 5.41) is 3.82. The van der Waals surface area contributed by atoms with Gasteiger partial charge >= 0.3 is 0 Å². The van der Waals surface area contributed by atoms with Crippen LogP contribution in [0.1, 0.15) is 23.5 Å². The van der Waals surface area contributed by atoms with Gasteiger partial charge in [0.2, 0.25) is 0 Å². The van der Waals surface area contributed by atoms with Crippen LogP contribution in [0.15, 0.2) is 89.5 Å². The second-order valence-electron chi connectivity index (χ2n) is 7.18. The largest absolute Gasteiger partial charge is 0.459 e. The van der Waals surface area contributed by atoms with E-state index in [0.717, 1.165) is 16.9 Å². The molecule has 0 radical (unpaired) electrons. The van der Waals surface area contributed by atoms with E-state index in [2.05, 4.69) is 10.3 Å². The van der Waals surface area contributed by atoms with E-state index in [4.69, 9.17) is 16.6 Å². The molecular weight excluding hydrogens is 416 g/mol. The Morgan fingerprint density at radius 2 is 1.58 bits per heavy atom. The molecule has 4 aromatic rings. The van der Waals surface area contributed by atoms with Gasteiger partial charge in [-0.2, -0.15) is 0 Å². The van der Waals surface area contributed by atoms with E-state index in [9.17, 15) is 8.78 Å². The monoisotopic (exact) mass is 433 g/mol. The minimum atomic E-state index is -0.345. The smallest absolute Gasteiger partial charge is 0.174 e. The Bertz CT molecular complexity index is 1210. The van der Waals surface area contributed by atoms with Crippen molar-refractivity contribution in [1.29, 1.82) is 0 Å². The number of furan rings is 1. The summed E-state index contributed by atoms with van der Waals surface area (Å²) in [6.45, 7) is 0. The zero-order valence-electron chi connectivity index (χ0n) is 16.2. The predicted octanol–water partition coefficient (Wildman–Crippen LogP) is 5.80. The van der Waals surface area contributed by atoms with Crippen molar-refractivity contribution in [3.05, 3.63) is 108 Å². The Balaban J connectivity index is 1.59. The van der Waals surface area contributed by atoms with Crippen molar-refractivity contribution in [1.82, 2.24) is 10.3 Å². The molecule has 0 aliphatic carbocycles. The van der Waals surface area contributed by atoms with E-state index in [-0.39, 0.29) is 23.7 Å². The van der Waals surface area contributed by atoms with E-state index >= 15 is 0 Å². The highest BCUT2D eigenvalue weighted by atomic mass is 32.1. The maximum Gasteiger partial charge on any atom is 0.174 e. The van der Waals surface area contributed by atoms with Gasteiger partial charge in [0.1, 0.15) is 29.2 Å². The summed E-state index contributed by atoms with van der Waals surface area (Å²) in [7, 11) is 0. The number of hydrogen-bond acceptors (Lipinski definition) is 3. The molecule has 5 rings (SSSR count). The number of anilines is 1. The van der Waals surface area contributed by atoms with E-state index in [0.29, 0.717) is 16.6 Å². The molecule has 1 aliphatic rings. The third-order valence-electron chi connectivity index (χ3n) is 5.25. The van der Waals surface area contributed by atoms with E-state index < -0.39 is 0 Å². The fraction of sp³-hybridized carbons (Fsp3) is 0.0833. The molecule has 0 unspecified atom stereocenters. The fourth-order valence-electron chi connectivity index (χ4n) is 3.80. The van der Waals surface area contributed by atoms with Gasteiger partial charge in [0.05, 0.1) is 11.7 Å². The van der Waals surface area contributed by atoms with Gasteiger partial charge in [-0.15, -0.1) is 0 Å². The molecule has 7 heteroatoms. The van der Waals surface area contributed by atoms with Crippen LogP contribution in [0.25, 0.3) is 11.3 Å². The van der Waals surface area contributed by atoms with Crippen molar-refractivity contribution < 1.29 is 13.2 Å². The molecule has 4 nitrogen and oxygen atoms in total. The average molecular weight is 433 g/mol. The van der Waals surface area contributed by atoms with Crippen LogP contribution < -0.4 is 10.2 Å². The minimum absolute atomic E-state index is 0.272. The Kier molecular flexibility index (Phi) is 4.95. The van der Waals surface area contributed by atoms with Crippen molar-refractivity contribution in [2.75, 3.05) is 4.90 Å². The lowest BCUT2D eigenvalue weighted by molar-refractivity contribution is 0.439. The Hall–Kier alpha value is -3.58. The first kappa shape index (κ1) is 19.4. The molecule has 1 N–H and O–H groups in total. The van der Waals surface area contributed by atoms with Crippen molar-refractivity contribution in [2.24, 2.45) is 0 Å². The van der Waals surface area contributed by atoms with Gasteiger partial charge in [0.25, 0.3) is 0 Å². The number of hydrogen-bond donors (Lipinski definition) is 1. The van der Waals surface area contributed by atoms with Crippen molar-refractivity contribution in [3.63, 3.8) is 0 Å². The quantitative estimate of drug-likeness (QED) is 0.412. The fourth-order valence-corrected chi connectivity index (χ4v) is 4.15. The molecule has 2 aromatic carbocycles. The Labute approximate surface area is 183 Å². The average Bonchev–Trinajstić information content (AvgIpc) is 3.40. The molecule has 2 aromatic heterocycles. The first-order chi connectivity index (χ1) is 15.1. The second kappa shape index (κ2) is 7.92. The molecule has 0 spiro atoms. The van der Waals surface area contributed by atoms with Crippen LogP contribution in [-0.2, 0) is 0 Å². The number of nitrogens with one attached hydrogen (secondary N) is 1. The summed E-state index contributed by atoms with van der Waals surface area (Å²) in [5.74, 6) is 0.646. The van der Waals surface area contributed by atoms with Gasteiger partial charge in [-0.05, 0) is 85.0 Å². The normalized spacial score (nSPS) is 18.3. The number of benzene rings is 2. The number of halogens is 2. The topological polar surface area (TPSA) is 41.3 Å². The second-order valence-corrected chi connectivity index (χ2v) is 7.57. The number of aromatic nitrogens is 1. The molecule has 0 saturated carbocycles. The highest BCUT2D eigenvalue weighted by molar-refractivity contribution is 7.80. The van der Waals surface area contributed by atoms with Gasteiger partial charge in [-0.3, -0.25) is 4.98 Å². The molecule has 0 bridgehead atoms. The number of nitrogens with zero attached hydrogens (tertiary/aromatic N) is 2. The van der Waals surface area contributed by atoms with Crippen LogP contribution in [0.5, 0.6) is 0 Å². The maximum absolute atomic E-state index is 13.5. The van der Waals surface area contributed by atoms with Crippen LogP contribution in [0.4, 0.5) is 14.5 Å². The molecular formula is C24H17F2N3OS. The summed E-state index contributed by atoms with van der Waals surface area (Å²) in [5.41, 5.74) is 2.31. The number of pyridine rings is 1. The van der Waals surface area contributed by atoms with Gasteiger partial charge in [0.15, 0.2) is 5.11 Å². The Morgan fingerprint density at radius 3 is 2.26 bits per heavy atom. The molecule has 0 amide bonds. The standard InChI is InChI=1S/C24H17F2N3OS/c25-16-6-4-15(5-7-16)20-12-13-21(30-20)23-22(19-3-1-2-14-27-19)28-24(31)29(23)18-10-8-17(26)9-11-18/h1-14,22-23H,(H,28,31)/t22-,23-/m0/s1. The van der Waals surface area contributed by atoms with Gasteiger partial charge < -0.3 is 14.6 Å². The Morgan fingerprint density at radius 1 is 0.871 bits per heavy atom. The van der Waals surface area contributed by atoms with Crippen molar-refractivity contribution in [2.45, 2.75) is 12.1 Å². The summed E-state index contributed by atoms with van der Waals surface area (Å²) in [4.78, 5) is 6.40. The zero-order valence-corrected chi connectivity index (χ0v) is 17.0. The summed E-state index contributed by atoms with van der Waals surface area (Å²) < 4.78 is 33.0. The van der Waals surface area contributed by atoms with Crippen LogP contribution in [0.3, 0.4) is 0 Å². The van der Waals surface area contributed by atoms with Crippen LogP contribution in [-0.4, -0.2) is 10.1 Å². The molecule has 1 aliphatic heterocycles. The maximum atomic E-state index is 13.5. The molecule has 1 saturated heterocycles. The highest BCUT2D eigenvalue weighted by Gasteiger charge is 2.42. The van der Waals surface area contributed by atoms with Gasteiger partial charge in [-0.1, -0.05) is 6.07 Å². The zero-order chi connectivity index (χ0) is 21.4.